The van der Waals surface area contributed by atoms with E-state index in [2.05, 4.69) is 0 Å². The summed E-state index contributed by atoms with van der Waals surface area (Å²) < 4.78 is 22.2. The van der Waals surface area contributed by atoms with E-state index in [1.54, 1.807) is 18.2 Å². The van der Waals surface area contributed by atoms with Gasteiger partial charge in [0.1, 0.15) is 0 Å². The highest BCUT2D eigenvalue weighted by atomic mass is 32.2. The Bertz CT molecular complexity index is 403. The zero-order valence-electron chi connectivity index (χ0n) is 7.38. The number of hydrogen-bond donors (Lipinski definition) is 2. The highest BCUT2D eigenvalue weighted by molar-refractivity contribution is 8.00. The highest BCUT2D eigenvalue weighted by Crippen LogP contribution is 2.24. The van der Waals surface area contributed by atoms with Crippen molar-refractivity contribution in [3.63, 3.8) is 0 Å². The average Bonchev–Trinajstić information content (AvgIpc) is 2.14. The Morgan fingerprint density at radius 3 is 2.57 bits per heavy atom. The first kappa shape index (κ1) is 11.5. The van der Waals surface area contributed by atoms with Gasteiger partial charge in [0.05, 0.1) is 11.5 Å². The van der Waals surface area contributed by atoms with E-state index in [0.29, 0.717) is 10.6 Å². The molecule has 1 rings (SSSR count). The van der Waals surface area contributed by atoms with Gasteiger partial charge >= 0.3 is 0 Å². The summed E-state index contributed by atoms with van der Waals surface area (Å²) >= 11 is 1.26. The maximum atomic E-state index is 11.1. The Morgan fingerprint density at radius 1 is 1.36 bits per heavy atom. The molecular weight excluding hydrogens is 222 g/mol. The van der Waals surface area contributed by atoms with Crippen molar-refractivity contribution >= 4 is 21.8 Å². The lowest BCUT2D eigenvalue weighted by atomic mass is 10.4. The van der Waals surface area contributed by atoms with E-state index in [0.717, 1.165) is 0 Å². The number of rotatable bonds is 4. The van der Waals surface area contributed by atoms with E-state index in [1.165, 1.54) is 17.8 Å². The molecule has 0 atom stereocenters. The molecular formula is C8H11NO3S2. The van der Waals surface area contributed by atoms with Crippen LogP contribution in [-0.2, 0) is 10.0 Å². The van der Waals surface area contributed by atoms with Crippen molar-refractivity contribution in [3.8, 4) is 0 Å². The third-order valence-corrected chi connectivity index (χ3v) is 3.66. The highest BCUT2D eigenvalue weighted by Gasteiger charge is 2.12. The van der Waals surface area contributed by atoms with Crippen molar-refractivity contribution in [3.05, 3.63) is 24.3 Å². The molecule has 78 valence electrons. The Labute approximate surface area is 87.2 Å². The Hall–Kier alpha value is -0.560. The van der Waals surface area contributed by atoms with Gasteiger partial charge in [0, 0.05) is 10.6 Å². The summed E-state index contributed by atoms with van der Waals surface area (Å²) in [5.41, 5.74) is 0. The Balaban J connectivity index is 3.04. The number of benzene rings is 1. The van der Waals surface area contributed by atoms with E-state index in [4.69, 9.17) is 10.2 Å². The van der Waals surface area contributed by atoms with Gasteiger partial charge in [-0.15, -0.1) is 11.8 Å². The minimum atomic E-state index is -3.67. The molecule has 3 N–H and O–H groups in total. The molecule has 0 fully saturated rings. The van der Waals surface area contributed by atoms with Gasteiger partial charge in [0.2, 0.25) is 10.0 Å². The van der Waals surface area contributed by atoms with Crippen molar-refractivity contribution in [2.45, 2.75) is 9.79 Å². The molecule has 0 saturated heterocycles. The molecule has 0 aliphatic heterocycles. The lowest BCUT2D eigenvalue weighted by Crippen LogP contribution is -2.13. The fourth-order valence-electron chi connectivity index (χ4n) is 0.960. The van der Waals surface area contributed by atoms with E-state index in [-0.39, 0.29) is 11.5 Å². The predicted molar refractivity (Wildman–Crippen MR) is 55.6 cm³/mol. The second kappa shape index (κ2) is 4.79. The van der Waals surface area contributed by atoms with Crippen LogP contribution in [0.5, 0.6) is 0 Å². The third kappa shape index (κ3) is 2.98. The molecule has 0 aliphatic rings. The van der Waals surface area contributed by atoms with Gasteiger partial charge < -0.3 is 5.11 Å². The van der Waals surface area contributed by atoms with Crippen molar-refractivity contribution < 1.29 is 13.5 Å². The number of nitrogens with two attached hydrogens (primary N) is 1. The first-order chi connectivity index (χ1) is 6.55. The molecule has 0 unspecified atom stereocenters. The average molecular weight is 233 g/mol. The lowest BCUT2D eigenvalue weighted by molar-refractivity contribution is 0.322. The molecule has 1 aromatic rings. The van der Waals surface area contributed by atoms with Gasteiger partial charge in [-0.25, -0.2) is 13.6 Å². The normalized spacial score (nSPS) is 11.6. The van der Waals surface area contributed by atoms with Gasteiger partial charge in [0.25, 0.3) is 0 Å². The lowest BCUT2D eigenvalue weighted by Gasteiger charge is -2.05. The zero-order chi connectivity index (χ0) is 10.6. The van der Waals surface area contributed by atoms with E-state index < -0.39 is 10.0 Å². The number of aliphatic hydroxyl groups excluding tert-OH is 1. The van der Waals surface area contributed by atoms with Gasteiger partial charge in [0.15, 0.2) is 0 Å². The summed E-state index contributed by atoms with van der Waals surface area (Å²) in [5.74, 6) is 0.451. The van der Waals surface area contributed by atoms with Crippen LogP contribution in [0.4, 0.5) is 0 Å². The van der Waals surface area contributed by atoms with E-state index >= 15 is 0 Å². The number of hydrogen-bond acceptors (Lipinski definition) is 4. The van der Waals surface area contributed by atoms with E-state index in [9.17, 15) is 8.42 Å². The largest absolute Gasteiger partial charge is 0.396 e. The van der Waals surface area contributed by atoms with Crippen LogP contribution < -0.4 is 5.14 Å². The zero-order valence-corrected chi connectivity index (χ0v) is 9.01. The third-order valence-electron chi connectivity index (χ3n) is 1.50. The molecule has 0 spiro atoms. The fraction of sp³-hybridized carbons (Fsp3) is 0.250. The van der Waals surface area contributed by atoms with Crippen LogP contribution in [0.2, 0.25) is 0 Å². The molecule has 0 radical (unpaired) electrons. The smallest absolute Gasteiger partial charge is 0.239 e. The van der Waals surface area contributed by atoms with Crippen LogP contribution in [0.15, 0.2) is 34.1 Å². The van der Waals surface area contributed by atoms with Crippen LogP contribution in [-0.4, -0.2) is 25.9 Å². The topological polar surface area (TPSA) is 80.4 Å². The summed E-state index contributed by atoms with van der Waals surface area (Å²) in [5, 5.41) is 13.6. The summed E-state index contributed by atoms with van der Waals surface area (Å²) in [6.45, 7) is 0.00359. The number of thioether (sulfide) groups is 1. The van der Waals surface area contributed by atoms with Crippen LogP contribution in [0.1, 0.15) is 0 Å². The molecule has 14 heavy (non-hydrogen) atoms. The molecule has 4 nitrogen and oxygen atoms in total. The summed E-state index contributed by atoms with van der Waals surface area (Å²) in [6.07, 6.45) is 0. The predicted octanol–water partition coefficient (Wildman–Crippen LogP) is 0.418. The quantitative estimate of drug-likeness (QED) is 0.738. The van der Waals surface area contributed by atoms with Gasteiger partial charge in [-0.1, -0.05) is 12.1 Å². The maximum Gasteiger partial charge on any atom is 0.239 e. The molecule has 0 bridgehead atoms. The van der Waals surface area contributed by atoms with Crippen molar-refractivity contribution in [2.75, 3.05) is 12.4 Å². The van der Waals surface area contributed by atoms with Crippen LogP contribution in [0.3, 0.4) is 0 Å². The number of primary sulfonamides is 1. The molecule has 0 aliphatic carbocycles. The Morgan fingerprint density at radius 2 is 2.00 bits per heavy atom. The van der Waals surface area contributed by atoms with Crippen LogP contribution in [0.25, 0.3) is 0 Å². The SMILES string of the molecule is NS(=O)(=O)c1ccccc1SCCO. The monoisotopic (exact) mass is 233 g/mol. The van der Waals surface area contributed by atoms with Crippen molar-refractivity contribution in [1.82, 2.24) is 0 Å². The molecule has 0 amide bonds. The summed E-state index contributed by atoms with van der Waals surface area (Å²) in [7, 11) is -3.67. The molecule has 1 aromatic carbocycles. The maximum absolute atomic E-state index is 11.1. The molecule has 6 heteroatoms. The second-order valence-corrected chi connectivity index (χ2v) is 5.23. The summed E-state index contributed by atoms with van der Waals surface area (Å²) in [4.78, 5) is 0.683. The standard InChI is InChI=1S/C8H11NO3S2/c9-14(11,12)8-4-2-1-3-7(8)13-6-5-10/h1-4,10H,5-6H2,(H2,9,11,12). The van der Waals surface area contributed by atoms with Gasteiger partial charge in [-0.2, -0.15) is 0 Å². The Kier molecular flexibility index (Phi) is 3.94. The van der Waals surface area contributed by atoms with Crippen molar-refractivity contribution in [1.29, 1.82) is 0 Å². The molecule has 0 saturated carbocycles. The van der Waals surface area contributed by atoms with Crippen LogP contribution in [0, 0.1) is 0 Å². The van der Waals surface area contributed by atoms with Crippen LogP contribution >= 0.6 is 11.8 Å². The van der Waals surface area contributed by atoms with E-state index in [1.807, 2.05) is 0 Å². The van der Waals surface area contributed by atoms with Crippen molar-refractivity contribution in [2.24, 2.45) is 5.14 Å². The van der Waals surface area contributed by atoms with Gasteiger partial charge in [-0.3, -0.25) is 0 Å². The molecule has 0 aromatic heterocycles. The minimum absolute atomic E-state index is 0.00359. The fourth-order valence-corrected chi connectivity index (χ4v) is 2.80. The number of sulfonamides is 1. The second-order valence-electron chi connectivity index (χ2n) is 2.56. The first-order valence-electron chi connectivity index (χ1n) is 3.91. The first-order valence-corrected chi connectivity index (χ1v) is 6.44. The number of aliphatic hydroxyl groups is 1. The minimum Gasteiger partial charge on any atom is -0.396 e. The summed E-state index contributed by atoms with van der Waals surface area (Å²) in [6, 6.07) is 6.46. The molecule has 0 heterocycles. The van der Waals surface area contributed by atoms with Gasteiger partial charge in [-0.05, 0) is 12.1 Å².